The minimum Gasteiger partial charge on any atom is -0.491 e. The van der Waals surface area contributed by atoms with Gasteiger partial charge in [0.05, 0.1) is 10.6 Å². The van der Waals surface area contributed by atoms with E-state index in [1.165, 1.54) is 18.9 Å². The Bertz CT molecular complexity index is 395. The van der Waals surface area contributed by atoms with Crippen molar-refractivity contribution in [1.29, 1.82) is 0 Å². The van der Waals surface area contributed by atoms with Gasteiger partial charge in [0.1, 0.15) is 11.6 Å². The highest BCUT2D eigenvalue weighted by Gasteiger charge is 2.19. The van der Waals surface area contributed by atoms with E-state index in [0.29, 0.717) is 10.2 Å². The van der Waals surface area contributed by atoms with Crippen LogP contribution >= 0.6 is 15.9 Å². The van der Waals surface area contributed by atoms with E-state index in [0.717, 1.165) is 25.4 Å². The summed E-state index contributed by atoms with van der Waals surface area (Å²) < 4.78 is 19.3. The van der Waals surface area contributed by atoms with Crippen LogP contribution in [0.3, 0.4) is 0 Å². The Hall–Kier alpha value is -0.610. The van der Waals surface area contributed by atoms with Crippen molar-refractivity contribution >= 4 is 15.9 Å². The fourth-order valence-corrected chi connectivity index (χ4v) is 2.18. The summed E-state index contributed by atoms with van der Waals surface area (Å²) in [5.41, 5.74) is 0. The van der Waals surface area contributed by atoms with Crippen molar-refractivity contribution < 1.29 is 9.13 Å². The van der Waals surface area contributed by atoms with Gasteiger partial charge in [-0.3, -0.25) is 0 Å². The molecule has 4 heteroatoms. The highest BCUT2D eigenvalue weighted by Crippen LogP contribution is 2.23. The van der Waals surface area contributed by atoms with Gasteiger partial charge in [-0.15, -0.1) is 0 Å². The van der Waals surface area contributed by atoms with E-state index in [1.807, 2.05) is 6.92 Å². The lowest BCUT2D eigenvalue weighted by molar-refractivity contribution is 0.207. The molecule has 0 aromatic heterocycles. The highest BCUT2D eigenvalue weighted by molar-refractivity contribution is 9.10. The summed E-state index contributed by atoms with van der Waals surface area (Å²) in [6.45, 7) is 3.11. The van der Waals surface area contributed by atoms with E-state index in [4.69, 9.17) is 4.74 Å². The van der Waals surface area contributed by atoms with Crippen molar-refractivity contribution in [3.05, 3.63) is 28.5 Å². The summed E-state index contributed by atoms with van der Waals surface area (Å²) in [6.07, 6.45) is 4.93. The van der Waals surface area contributed by atoms with Crippen LogP contribution in [-0.2, 0) is 0 Å². The second-order valence-electron chi connectivity index (χ2n) is 4.88. The minimum atomic E-state index is -0.261. The Morgan fingerprint density at radius 1 is 1.50 bits per heavy atom. The summed E-state index contributed by atoms with van der Waals surface area (Å²) in [7, 11) is 0. The zero-order chi connectivity index (χ0) is 13.0. The van der Waals surface area contributed by atoms with E-state index in [2.05, 4.69) is 21.2 Å². The summed E-state index contributed by atoms with van der Waals surface area (Å²) in [4.78, 5) is 0. The summed E-state index contributed by atoms with van der Waals surface area (Å²) in [5.74, 6) is 0.453. The smallest absolute Gasteiger partial charge is 0.137 e. The lowest BCUT2D eigenvalue weighted by Crippen LogP contribution is -2.20. The SMILES string of the molecule is CC(CCCNC1CC1)Oc1ccc(F)c(Br)c1. The van der Waals surface area contributed by atoms with Crippen LogP contribution in [0.2, 0.25) is 0 Å². The summed E-state index contributed by atoms with van der Waals surface area (Å²) >= 11 is 3.16. The fraction of sp³-hybridized carbons (Fsp3) is 0.571. The maximum absolute atomic E-state index is 13.1. The first-order valence-corrected chi connectivity index (χ1v) is 7.29. The molecule has 1 fully saturated rings. The summed E-state index contributed by atoms with van der Waals surface area (Å²) in [5, 5.41) is 3.48. The molecule has 0 bridgehead atoms. The van der Waals surface area contributed by atoms with E-state index >= 15 is 0 Å². The van der Waals surface area contributed by atoms with E-state index in [-0.39, 0.29) is 11.9 Å². The van der Waals surface area contributed by atoms with Crippen LogP contribution < -0.4 is 10.1 Å². The third-order valence-corrected chi connectivity index (χ3v) is 3.63. The van der Waals surface area contributed by atoms with Crippen molar-refractivity contribution in [1.82, 2.24) is 5.32 Å². The topological polar surface area (TPSA) is 21.3 Å². The molecule has 2 nitrogen and oxygen atoms in total. The van der Waals surface area contributed by atoms with E-state index in [1.54, 1.807) is 12.1 Å². The molecule has 0 spiro atoms. The van der Waals surface area contributed by atoms with Crippen LogP contribution in [0.15, 0.2) is 22.7 Å². The fourth-order valence-electron chi connectivity index (χ4n) is 1.82. The van der Waals surface area contributed by atoms with Gasteiger partial charge in [0.2, 0.25) is 0 Å². The van der Waals surface area contributed by atoms with Gasteiger partial charge < -0.3 is 10.1 Å². The van der Waals surface area contributed by atoms with Crippen LogP contribution in [0.1, 0.15) is 32.6 Å². The third-order valence-electron chi connectivity index (χ3n) is 3.03. The first-order chi connectivity index (χ1) is 8.65. The lowest BCUT2D eigenvalue weighted by atomic mass is 10.2. The Labute approximate surface area is 116 Å². The maximum Gasteiger partial charge on any atom is 0.137 e. The van der Waals surface area contributed by atoms with Crippen LogP contribution in [-0.4, -0.2) is 18.7 Å². The third kappa shape index (κ3) is 4.58. The molecule has 0 heterocycles. The lowest BCUT2D eigenvalue weighted by Gasteiger charge is -2.15. The minimum absolute atomic E-state index is 0.156. The second kappa shape index (κ2) is 6.53. The number of hydrogen-bond donors (Lipinski definition) is 1. The Kier molecular flexibility index (Phi) is 5.01. The van der Waals surface area contributed by atoms with Gasteiger partial charge in [-0.05, 0) is 73.3 Å². The van der Waals surface area contributed by atoms with Crippen molar-refractivity contribution in [3.8, 4) is 5.75 Å². The van der Waals surface area contributed by atoms with Crippen LogP contribution in [0.4, 0.5) is 4.39 Å². The number of hydrogen-bond acceptors (Lipinski definition) is 2. The van der Waals surface area contributed by atoms with Gasteiger partial charge in [-0.2, -0.15) is 0 Å². The molecule has 2 rings (SSSR count). The number of ether oxygens (including phenoxy) is 1. The van der Waals surface area contributed by atoms with E-state index < -0.39 is 0 Å². The van der Waals surface area contributed by atoms with Crippen LogP contribution in [0, 0.1) is 5.82 Å². The molecule has 1 aromatic carbocycles. The molecule has 0 amide bonds. The molecular weight excluding hydrogens is 297 g/mol. The van der Waals surface area contributed by atoms with Gasteiger partial charge in [0, 0.05) is 6.04 Å². The molecule has 1 aliphatic carbocycles. The van der Waals surface area contributed by atoms with Crippen LogP contribution in [0.25, 0.3) is 0 Å². The molecule has 1 aliphatic rings. The molecule has 18 heavy (non-hydrogen) atoms. The Balaban J connectivity index is 1.68. The second-order valence-corrected chi connectivity index (χ2v) is 5.73. The highest BCUT2D eigenvalue weighted by atomic mass is 79.9. The predicted octanol–water partition coefficient (Wildman–Crippen LogP) is 3.89. The normalized spacial score (nSPS) is 16.6. The standard InChI is InChI=1S/C14H19BrFNO/c1-10(3-2-8-17-11-4-5-11)18-12-6-7-14(16)13(15)9-12/h6-7,9-11,17H,2-5,8H2,1H3. The van der Waals surface area contributed by atoms with Gasteiger partial charge in [-0.25, -0.2) is 4.39 Å². The molecule has 0 saturated heterocycles. The molecule has 100 valence electrons. The number of halogens is 2. The molecule has 1 N–H and O–H groups in total. The zero-order valence-corrected chi connectivity index (χ0v) is 12.2. The molecule has 1 saturated carbocycles. The Morgan fingerprint density at radius 3 is 2.94 bits per heavy atom. The average Bonchev–Trinajstić information content (AvgIpc) is 3.14. The van der Waals surface area contributed by atoms with E-state index in [9.17, 15) is 4.39 Å². The number of rotatable bonds is 7. The van der Waals surface area contributed by atoms with Crippen molar-refractivity contribution in [2.45, 2.75) is 44.8 Å². The monoisotopic (exact) mass is 315 g/mol. The molecule has 0 aliphatic heterocycles. The zero-order valence-electron chi connectivity index (χ0n) is 10.6. The van der Waals surface area contributed by atoms with Crippen molar-refractivity contribution in [2.24, 2.45) is 0 Å². The Morgan fingerprint density at radius 2 is 2.28 bits per heavy atom. The first-order valence-electron chi connectivity index (χ1n) is 6.50. The van der Waals surface area contributed by atoms with Gasteiger partial charge >= 0.3 is 0 Å². The number of benzene rings is 1. The molecule has 1 unspecified atom stereocenters. The predicted molar refractivity (Wildman–Crippen MR) is 74.4 cm³/mol. The van der Waals surface area contributed by atoms with Crippen LogP contribution in [0.5, 0.6) is 5.75 Å². The molecule has 0 radical (unpaired) electrons. The average molecular weight is 316 g/mol. The van der Waals surface area contributed by atoms with Gasteiger partial charge in [-0.1, -0.05) is 0 Å². The maximum atomic E-state index is 13.1. The molecular formula is C14H19BrFNO. The van der Waals surface area contributed by atoms with Gasteiger partial charge in [0.25, 0.3) is 0 Å². The molecule has 1 aromatic rings. The van der Waals surface area contributed by atoms with Gasteiger partial charge in [0.15, 0.2) is 0 Å². The largest absolute Gasteiger partial charge is 0.491 e. The van der Waals surface area contributed by atoms with Crippen molar-refractivity contribution in [3.63, 3.8) is 0 Å². The summed E-state index contributed by atoms with van der Waals surface area (Å²) in [6, 6.07) is 5.53. The van der Waals surface area contributed by atoms with Crippen molar-refractivity contribution in [2.75, 3.05) is 6.54 Å². The molecule has 1 atom stereocenters. The first kappa shape index (κ1) is 13.8. The number of nitrogens with one attached hydrogen (secondary N) is 1. The quantitative estimate of drug-likeness (QED) is 0.771.